The highest BCUT2D eigenvalue weighted by Gasteiger charge is 2.16. The molecule has 0 saturated heterocycles. The topological polar surface area (TPSA) is 73.6 Å². The molecule has 1 aromatic carbocycles. The summed E-state index contributed by atoms with van der Waals surface area (Å²) in [6, 6.07) is 5.51. The third-order valence-electron chi connectivity index (χ3n) is 2.46. The van der Waals surface area contributed by atoms with Gasteiger partial charge in [0.05, 0.1) is 12.6 Å². The molecule has 1 atom stereocenters. The van der Waals surface area contributed by atoms with Crippen LogP contribution in [0, 0.1) is 0 Å². The Bertz CT molecular complexity index is 412. The largest absolute Gasteiger partial charge is 0.454 e. The van der Waals surface area contributed by atoms with Crippen molar-refractivity contribution >= 4 is 18.3 Å². The fourth-order valence-corrected chi connectivity index (χ4v) is 1.57. The first-order valence-corrected chi connectivity index (χ1v) is 5.09. The number of carbonyl (C=O) groups excluding carboxylic acids is 1. The highest BCUT2D eigenvalue weighted by Crippen LogP contribution is 2.33. The molecule has 2 rings (SSSR count). The minimum atomic E-state index is -0.176. The molecule has 1 aromatic rings. The zero-order chi connectivity index (χ0) is 11.5. The number of carbonyl (C=O) groups is 1. The van der Waals surface area contributed by atoms with E-state index in [9.17, 15) is 4.79 Å². The summed E-state index contributed by atoms with van der Waals surface area (Å²) in [5.74, 6) is 1.28. The Morgan fingerprint density at radius 3 is 2.88 bits per heavy atom. The van der Waals surface area contributed by atoms with E-state index in [-0.39, 0.29) is 37.7 Å². The molecule has 94 valence electrons. The molecule has 3 N–H and O–H groups in total. The van der Waals surface area contributed by atoms with Gasteiger partial charge in [-0.15, -0.1) is 12.4 Å². The van der Waals surface area contributed by atoms with E-state index in [1.165, 1.54) is 0 Å². The summed E-state index contributed by atoms with van der Waals surface area (Å²) in [7, 11) is 0. The number of fused-ring (bicyclic) bond motifs is 1. The number of benzene rings is 1. The lowest BCUT2D eigenvalue weighted by Crippen LogP contribution is -2.32. The van der Waals surface area contributed by atoms with Crippen LogP contribution in [0.2, 0.25) is 0 Å². The Hall–Kier alpha value is -1.46. The van der Waals surface area contributed by atoms with Crippen molar-refractivity contribution in [1.29, 1.82) is 0 Å². The molecule has 1 aliphatic rings. The minimum Gasteiger partial charge on any atom is -0.454 e. The van der Waals surface area contributed by atoms with Crippen LogP contribution in [0.4, 0.5) is 0 Å². The number of ether oxygens (including phenoxy) is 2. The molecule has 1 amide bonds. The van der Waals surface area contributed by atoms with Crippen LogP contribution in [0.3, 0.4) is 0 Å². The second-order valence-corrected chi connectivity index (χ2v) is 3.61. The highest BCUT2D eigenvalue weighted by molar-refractivity contribution is 5.85. The van der Waals surface area contributed by atoms with Gasteiger partial charge in [-0.2, -0.15) is 0 Å². The molecule has 0 bridgehead atoms. The van der Waals surface area contributed by atoms with E-state index in [0.29, 0.717) is 5.75 Å². The van der Waals surface area contributed by atoms with Gasteiger partial charge in [-0.3, -0.25) is 4.79 Å². The van der Waals surface area contributed by atoms with Crippen molar-refractivity contribution in [3.8, 4) is 11.5 Å². The molecule has 6 heteroatoms. The average Bonchev–Trinajstić information content (AvgIpc) is 2.75. The molecule has 0 spiro atoms. The van der Waals surface area contributed by atoms with Gasteiger partial charge in [0.2, 0.25) is 12.7 Å². The van der Waals surface area contributed by atoms with Gasteiger partial charge in [0.25, 0.3) is 0 Å². The van der Waals surface area contributed by atoms with Crippen LogP contribution in [0.25, 0.3) is 0 Å². The van der Waals surface area contributed by atoms with E-state index in [1.807, 2.05) is 25.1 Å². The van der Waals surface area contributed by atoms with Crippen LogP contribution < -0.4 is 20.5 Å². The normalized spacial score (nSPS) is 13.8. The fourth-order valence-electron chi connectivity index (χ4n) is 1.57. The van der Waals surface area contributed by atoms with Crippen LogP contribution in [0.15, 0.2) is 18.2 Å². The maximum Gasteiger partial charge on any atom is 0.234 e. The van der Waals surface area contributed by atoms with Gasteiger partial charge in [-0.1, -0.05) is 6.07 Å². The van der Waals surface area contributed by atoms with E-state index in [4.69, 9.17) is 15.2 Å². The Balaban J connectivity index is 0.00000144. The first kappa shape index (κ1) is 13.6. The van der Waals surface area contributed by atoms with Gasteiger partial charge in [-0.25, -0.2) is 0 Å². The third kappa shape index (κ3) is 3.01. The molecule has 1 heterocycles. The smallest absolute Gasteiger partial charge is 0.234 e. The zero-order valence-electron chi connectivity index (χ0n) is 9.43. The Morgan fingerprint density at radius 1 is 1.47 bits per heavy atom. The molecule has 0 aromatic heterocycles. The molecule has 0 aliphatic carbocycles. The molecule has 1 unspecified atom stereocenters. The Labute approximate surface area is 106 Å². The van der Waals surface area contributed by atoms with Gasteiger partial charge in [-0.05, 0) is 24.6 Å². The van der Waals surface area contributed by atoms with Crippen LogP contribution in [-0.2, 0) is 4.79 Å². The van der Waals surface area contributed by atoms with E-state index < -0.39 is 0 Å². The van der Waals surface area contributed by atoms with Crippen molar-refractivity contribution in [2.45, 2.75) is 13.0 Å². The Morgan fingerprint density at radius 2 is 2.18 bits per heavy atom. The summed E-state index contributed by atoms with van der Waals surface area (Å²) >= 11 is 0. The molecule has 17 heavy (non-hydrogen) atoms. The number of amides is 1. The summed E-state index contributed by atoms with van der Waals surface area (Å²) in [4.78, 5) is 11.1. The standard InChI is InChI=1S/C11H14N2O3.ClH/c1-7(13-11(14)5-12)8-2-3-9-10(4-8)16-6-15-9;/h2-4,7H,5-6,12H2,1H3,(H,13,14);1H. The van der Waals surface area contributed by atoms with Gasteiger partial charge in [0.15, 0.2) is 11.5 Å². The first-order chi connectivity index (χ1) is 7.70. The number of halogens is 1. The molecule has 1 aliphatic heterocycles. The fraction of sp³-hybridized carbons (Fsp3) is 0.364. The number of rotatable bonds is 3. The molecule has 0 saturated carbocycles. The molecule has 0 radical (unpaired) electrons. The van der Waals surface area contributed by atoms with Gasteiger partial charge < -0.3 is 20.5 Å². The summed E-state index contributed by atoms with van der Waals surface area (Å²) in [6.07, 6.45) is 0. The Kier molecular flexibility index (Phi) is 4.60. The van der Waals surface area contributed by atoms with Gasteiger partial charge in [0.1, 0.15) is 0 Å². The lowest BCUT2D eigenvalue weighted by molar-refractivity contribution is -0.120. The third-order valence-corrected chi connectivity index (χ3v) is 2.46. The van der Waals surface area contributed by atoms with E-state index in [0.717, 1.165) is 11.3 Å². The molecular weight excluding hydrogens is 244 g/mol. The zero-order valence-corrected chi connectivity index (χ0v) is 10.3. The molecular formula is C11H15ClN2O3. The number of nitrogens with two attached hydrogens (primary N) is 1. The van der Waals surface area contributed by atoms with E-state index in [1.54, 1.807) is 0 Å². The summed E-state index contributed by atoms with van der Waals surface area (Å²) in [6.45, 7) is 2.14. The SMILES string of the molecule is CC(NC(=O)CN)c1ccc2c(c1)OCO2.Cl. The molecule has 0 fully saturated rings. The van der Waals surface area contributed by atoms with Crippen LogP contribution in [0.1, 0.15) is 18.5 Å². The highest BCUT2D eigenvalue weighted by atomic mass is 35.5. The molecule has 5 nitrogen and oxygen atoms in total. The van der Waals surface area contributed by atoms with E-state index >= 15 is 0 Å². The number of nitrogens with one attached hydrogen (secondary N) is 1. The second-order valence-electron chi connectivity index (χ2n) is 3.61. The van der Waals surface area contributed by atoms with Crippen molar-refractivity contribution in [2.75, 3.05) is 13.3 Å². The summed E-state index contributed by atoms with van der Waals surface area (Å²) in [5, 5.41) is 2.78. The van der Waals surface area contributed by atoms with Crippen molar-refractivity contribution in [1.82, 2.24) is 5.32 Å². The minimum absolute atomic E-state index is 0. The van der Waals surface area contributed by atoms with Crippen molar-refractivity contribution in [3.63, 3.8) is 0 Å². The first-order valence-electron chi connectivity index (χ1n) is 5.09. The van der Waals surface area contributed by atoms with Gasteiger partial charge >= 0.3 is 0 Å². The predicted octanol–water partition coefficient (Wildman–Crippen LogP) is 0.973. The van der Waals surface area contributed by atoms with Crippen molar-refractivity contribution in [3.05, 3.63) is 23.8 Å². The second kappa shape index (κ2) is 5.75. The maximum absolute atomic E-state index is 11.1. The van der Waals surface area contributed by atoms with Crippen LogP contribution >= 0.6 is 12.4 Å². The van der Waals surface area contributed by atoms with E-state index in [2.05, 4.69) is 5.32 Å². The van der Waals surface area contributed by atoms with Crippen LogP contribution in [0.5, 0.6) is 11.5 Å². The summed E-state index contributed by atoms with van der Waals surface area (Å²) in [5.41, 5.74) is 6.20. The monoisotopic (exact) mass is 258 g/mol. The number of hydrogen-bond acceptors (Lipinski definition) is 4. The lowest BCUT2D eigenvalue weighted by atomic mass is 10.1. The van der Waals surface area contributed by atoms with Crippen LogP contribution in [-0.4, -0.2) is 19.2 Å². The number of hydrogen-bond donors (Lipinski definition) is 2. The van der Waals surface area contributed by atoms with Crippen molar-refractivity contribution < 1.29 is 14.3 Å². The average molecular weight is 259 g/mol. The van der Waals surface area contributed by atoms with Gasteiger partial charge in [0, 0.05) is 0 Å². The maximum atomic E-state index is 11.1. The van der Waals surface area contributed by atoms with Crippen molar-refractivity contribution in [2.24, 2.45) is 5.73 Å². The quantitative estimate of drug-likeness (QED) is 0.847. The summed E-state index contributed by atoms with van der Waals surface area (Å²) < 4.78 is 10.5. The lowest BCUT2D eigenvalue weighted by Gasteiger charge is -2.13. The predicted molar refractivity (Wildman–Crippen MR) is 65.4 cm³/mol.